The molecule has 0 atom stereocenters. The summed E-state index contributed by atoms with van der Waals surface area (Å²) >= 11 is 5.02. The van der Waals surface area contributed by atoms with Crippen LogP contribution in [0.15, 0.2) is 34.2 Å². The third-order valence-corrected chi connectivity index (χ3v) is 2.97. The molecular weight excluding hydrogens is 288 g/mol. The zero-order valence-corrected chi connectivity index (χ0v) is 12.7. The molecule has 0 radical (unpaired) electrons. The highest BCUT2D eigenvalue weighted by Crippen LogP contribution is 2.16. The molecule has 21 heavy (non-hydrogen) atoms. The molecule has 0 amide bonds. The molecular formula is C14H16N4O2S. The van der Waals surface area contributed by atoms with Crippen molar-refractivity contribution in [3.8, 4) is 5.75 Å². The fourth-order valence-corrected chi connectivity index (χ4v) is 1.80. The Kier molecular flexibility index (Phi) is 4.99. The van der Waals surface area contributed by atoms with Gasteiger partial charge in [0.2, 0.25) is 4.77 Å². The first-order chi connectivity index (χ1) is 10.1. The maximum absolute atomic E-state index is 11.9. The van der Waals surface area contributed by atoms with Crippen molar-refractivity contribution >= 4 is 18.4 Å². The summed E-state index contributed by atoms with van der Waals surface area (Å²) in [5.74, 6) is 0.719. The Morgan fingerprint density at radius 1 is 1.48 bits per heavy atom. The van der Waals surface area contributed by atoms with Gasteiger partial charge in [0.1, 0.15) is 11.4 Å². The molecule has 1 aromatic heterocycles. The highest BCUT2D eigenvalue weighted by Gasteiger charge is 2.03. The number of hydrogen-bond acceptors (Lipinski definition) is 5. The third kappa shape index (κ3) is 3.63. The van der Waals surface area contributed by atoms with Crippen LogP contribution in [-0.2, 0) is 0 Å². The Bertz CT molecular complexity index is 764. The van der Waals surface area contributed by atoms with Crippen molar-refractivity contribution in [2.45, 2.75) is 20.3 Å². The minimum absolute atomic E-state index is 0.147. The van der Waals surface area contributed by atoms with Crippen LogP contribution in [0.5, 0.6) is 5.75 Å². The summed E-state index contributed by atoms with van der Waals surface area (Å²) in [5, 5.41) is 10.5. The number of H-pyrrole nitrogens is 1. The molecule has 0 saturated heterocycles. The second-order valence-corrected chi connectivity index (χ2v) is 4.75. The number of aryl methyl sites for hydroxylation is 1. The molecule has 2 rings (SSSR count). The summed E-state index contributed by atoms with van der Waals surface area (Å²) in [7, 11) is 0. The van der Waals surface area contributed by atoms with Crippen LogP contribution >= 0.6 is 12.2 Å². The number of nitrogens with one attached hydrogen (secondary N) is 1. The number of nitrogens with zero attached hydrogens (tertiary/aromatic N) is 3. The van der Waals surface area contributed by atoms with Crippen LogP contribution < -0.4 is 10.3 Å². The first-order valence-corrected chi connectivity index (χ1v) is 6.99. The van der Waals surface area contributed by atoms with Crippen molar-refractivity contribution < 1.29 is 4.74 Å². The van der Waals surface area contributed by atoms with Gasteiger partial charge < -0.3 is 4.74 Å². The summed E-state index contributed by atoms with van der Waals surface area (Å²) in [4.78, 5) is 11.9. The zero-order valence-electron chi connectivity index (χ0n) is 11.9. The molecule has 0 fully saturated rings. The minimum atomic E-state index is -0.345. The number of rotatable bonds is 5. The van der Waals surface area contributed by atoms with Gasteiger partial charge in [0.15, 0.2) is 0 Å². The van der Waals surface area contributed by atoms with Crippen molar-refractivity contribution in [2.24, 2.45) is 5.10 Å². The molecule has 1 N–H and O–H groups in total. The Balaban J connectivity index is 2.37. The average molecular weight is 304 g/mol. The van der Waals surface area contributed by atoms with E-state index in [4.69, 9.17) is 17.0 Å². The SMILES string of the molecule is CCCOc1ccccc1/C=N/n1c(=S)[nH]nc(C)c1=O. The molecule has 0 aliphatic carbocycles. The van der Waals surface area contributed by atoms with Crippen molar-refractivity contribution in [1.82, 2.24) is 14.9 Å². The molecule has 0 unspecified atom stereocenters. The van der Waals surface area contributed by atoms with Crippen LogP contribution in [0.1, 0.15) is 24.6 Å². The number of aromatic amines is 1. The second-order valence-electron chi connectivity index (χ2n) is 4.36. The Morgan fingerprint density at radius 2 is 2.24 bits per heavy atom. The van der Waals surface area contributed by atoms with Gasteiger partial charge in [-0.25, -0.2) is 0 Å². The Morgan fingerprint density at radius 3 is 3.00 bits per heavy atom. The summed E-state index contributed by atoms with van der Waals surface area (Å²) in [6.07, 6.45) is 2.47. The summed E-state index contributed by atoms with van der Waals surface area (Å²) < 4.78 is 6.89. The molecule has 0 spiro atoms. The van der Waals surface area contributed by atoms with Crippen molar-refractivity contribution in [1.29, 1.82) is 0 Å². The van der Waals surface area contributed by atoms with E-state index in [0.29, 0.717) is 12.3 Å². The minimum Gasteiger partial charge on any atom is -0.493 e. The maximum atomic E-state index is 11.9. The first kappa shape index (κ1) is 15.1. The average Bonchev–Trinajstić information content (AvgIpc) is 2.50. The zero-order chi connectivity index (χ0) is 15.2. The topological polar surface area (TPSA) is 72.3 Å². The predicted molar refractivity (Wildman–Crippen MR) is 83.6 cm³/mol. The first-order valence-electron chi connectivity index (χ1n) is 6.58. The number of benzene rings is 1. The maximum Gasteiger partial charge on any atom is 0.296 e. The number of hydrogen-bond donors (Lipinski definition) is 1. The molecule has 0 bridgehead atoms. The second kappa shape index (κ2) is 6.94. The molecule has 1 heterocycles. The van der Waals surface area contributed by atoms with E-state index in [-0.39, 0.29) is 10.3 Å². The fourth-order valence-electron chi connectivity index (χ4n) is 1.63. The van der Waals surface area contributed by atoms with E-state index in [0.717, 1.165) is 22.4 Å². The van der Waals surface area contributed by atoms with E-state index in [1.54, 1.807) is 13.1 Å². The van der Waals surface area contributed by atoms with Gasteiger partial charge in [-0.15, -0.1) is 0 Å². The summed E-state index contributed by atoms with van der Waals surface area (Å²) in [6.45, 7) is 4.26. The van der Waals surface area contributed by atoms with Gasteiger partial charge in [0.05, 0.1) is 12.8 Å². The van der Waals surface area contributed by atoms with E-state index >= 15 is 0 Å². The summed E-state index contributed by atoms with van der Waals surface area (Å²) in [5.41, 5.74) is 0.736. The van der Waals surface area contributed by atoms with Crippen molar-refractivity contribution in [3.05, 3.63) is 50.6 Å². The molecule has 0 aliphatic rings. The Labute approximate surface area is 127 Å². The van der Waals surface area contributed by atoms with Crippen LogP contribution in [0.3, 0.4) is 0 Å². The highest BCUT2D eigenvalue weighted by atomic mass is 32.1. The lowest BCUT2D eigenvalue weighted by molar-refractivity contribution is 0.317. The number of ether oxygens (including phenoxy) is 1. The van der Waals surface area contributed by atoms with E-state index in [1.807, 2.05) is 31.2 Å². The van der Waals surface area contributed by atoms with Gasteiger partial charge >= 0.3 is 0 Å². The predicted octanol–water partition coefficient (Wildman–Crippen LogP) is 2.28. The van der Waals surface area contributed by atoms with Crippen LogP contribution in [0.4, 0.5) is 0 Å². The lowest BCUT2D eigenvalue weighted by atomic mass is 10.2. The largest absolute Gasteiger partial charge is 0.493 e. The van der Waals surface area contributed by atoms with Crippen molar-refractivity contribution in [3.63, 3.8) is 0 Å². The van der Waals surface area contributed by atoms with E-state index < -0.39 is 0 Å². The number of aromatic nitrogens is 3. The molecule has 7 heteroatoms. The normalized spacial score (nSPS) is 11.0. The van der Waals surface area contributed by atoms with Crippen molar-refractivity contribution in [2.75, 3.05) is 6.61 Å². The number of para-hydroxylation sites is 1. The van der Waals surface area contributed by atoms with E-state index in [9.17, 15) is 4.79 Å². The van der Waals surface area contributed by atoms with Crippen LogP contribution in [0.25, 0.3) is 0 Å². The van der Waals surface area contributed by atoms with E-state index in [1.165, 1.54) is 0 Å². The quantitative estimate of drug-likeness (QED) is 0.679. The molecule has 1 aromatic carbocycles. The monoisotopic (exact) mass is 304 g/mol. The molecule has 6 nitrogen and oxygen atoms in total. The lowest BCUT2D eigenvalue weighted by Gasteiger charge is -2.07. The smallest absolute Gasteiger partial charge is 0.296 e. The lowest BCUT2D eigenvalue weighted by Crippen LogP contribution is -2.22. The molecule has 110 valence electrons. The van der Waals surface area contributed by atoms with Gasteiger partial charge in [-0.05, 0) is 37.7 Å². The van der Waals surface area contributed by atoms with Gasteiger partial charge in [0, 0.05) is 5.56 Å². The van der Waals surface area contributed by atoms with Gasteiger partial charge in [-0.2, -0.15) is 14.9 Å². The Hall–Kier alpha value is -2.28. The van der Waals surface area contributed by atoms with Gasteiger partial charge in [-0.1, -0.05) is 19.1 Å². The fraction of sp³-hybridized carbons (Fsp3) is 0.286. The molecule has 0 aliphatic heterocycles. The molecule has 2 aromatic rings. The molecule has 0 saturated carbocycles. The van der Waals surface area contributed by atoms with Crippen LogP contribution in [0.2, 0.25) is 0 Å². The summed E-state index contributed by atoms with van der Waals surface area (Å²) in [6, 6.07) is 7.48. The van der Waals surface area contributed by atoms with Crippen LogP contribution in [0, 0.1) is 11.7 Å². The highest BCUT2D eigenvalue weighted by molar-refractivity contribution is 7.71. The van der Waals surface area contributed by atoms with Crippen LogP contribution in [-0.4, -0.2) is 27.7 Å². The van der Waals surface area contributed by atoms with E-state index in [2.05, 4.69) is 15.3 Å². The standard InChI is InChI=1S/C14H16N4O2S/c1-3-8-20-12-7-5-4-6-11(12)9-15-18-13(19)10(2)16-17-14(18)21/h4-7,9H,3,8H2,1-2H3,(H,17,21)/b15-9+. The van der Waals surface area contributed by atoms with Gasteiger partial charge in [-0.3, -0.25) is 9.89 Å². The van der Waals surface area contributed by atoms with Gasteiger partial charge in [0.25, 0.3) is 5.56 Å². The third-order valence-electron chi connectivity index (χ3n) is 2.71.